The van der Waals surface area contributed by atoms with E-state index in [9.17, 15) is 13.2 Å². The summed E-state index contributed by atoms with van der Waals surface area (Å²) in [5.41, 5.74) is 1.12. The van der Waals surface area contributed by atoms with E-state index in [0.29, 0.717) is 17.7 Å². The average molecular weight is 342 g/mol. The van der Waals surface area contributed by atoms with Crippen LogP contribution in [0.3, 0.4) is 0 Å². The molecule has 0 N–H and O–H groups in total. The van der Waals surface area contributed by atoms with Crippen LogP contribution >= 0.6 is 0 Å². The van der Waals surface area contributed by atoms with E-state index in [1.54, 1.807) is 54.6 Å². The monoisotopic (exact) mass is 342 g/mol. The van der Waals surface area contributed by atoms with Crippen LogP contribution in [0.15, 0.2) is 59.5 Å². The average Bonchev–Trinajstić information content (AvgIpc) is 2.97. The van der Waals surface area contributed by atoms with Crippen LogP contribution in [0, 0.1) is 11.8 Å². The molecule has 4 atom stereocenters. The molecule has 1 aliphatic heterocycles. The number of ether oxygens (including phenoxy) is 1. The highest BCUT2D eigenvalue weighted by atomic mass is 32.2. The molecule has 5 heteroatoms. The van der Waals surface area contributed by atoms with E-state index in [1.165, 1.54) is 0 Å². The number of carbonyl (C=O) groups is 1. The standard InChI is InChI=1S/C19H18O4S/c1-12-17-16(11-23-12)19(15-10-6-5-9-14(15)18(17)20)24(21,22)13-7-3-2-4-8-13/h2-10,12,16-17,19H,11H2,1H3/t12-,16+,17-,19+/m1/s1. The van der Waals surface area contributed by atoms with Gasteiger partial charge in [-0.25, -0.2) is 8.42 Å². The Morgan fingerprint density at radius 3 is 2.42 bits per heavy atom. The summed E-state index contributed by atoms with van der Waals surface area (Å²) in [6, 6.07) is 15.5. The molecule has 0 spiro atoms. The summed E-state index contributed by atoms with van der Waals surface area (Å²) in [6.45, 7) is 2.14. The number of fused-ring (bicyclic) bond motifs is 2. The Bertz CT molecular complexity index is 889. The minimum Gasteiger partial charge on any atom is -0.377 e. The molecule has 24 heavy (non-hydrogen) atoms. The van der Waals surface area contributed by atoms with Crippen molar-refractivity contribution in [1.82, 2.24) is 0 Å². The van der Waals surface area contributed by atoms with Crippen LogP contribution < -0.4 is 0 Å². The first kappa shape index (κ1) is 15.5. The molecule has 1 fully saturated rings. The number of ketones is 1. The van der Waals surface area contributed by atoms with E-state index in [-0.39, 0.29) is 22.7 Å². The molecular weight excluding hydrogens is 324 g/mol. The zero-order valence-electron chi connectivity index (χ0n) is 13.3. The van der Waals surface area contributed by atoms with E-state index in [4.69, 9.17) is 4.74 Å². The van der Waals surface area contributed by atoms with E-state index in [2.05, 4.69) is 0 Å². The SMILES string of the molecule is C[C@H]1OC[C@H]2[C@@H]1C(=O)c1ccccc1[C@@H]2S(=O)(=O)c1ccccc1. The lowest BCUT2D eigenvalue weighted by Crippen LogP contribution is -2.39. The van der Waals surface area contributed by atoms with Crippen LogP contribution in [0.4, 0.5) is 0 Å². The third kappa shape index (κ3) is 2.15. The van der Waals surface area contributed by atoms with Crippen molar-refractivity contribution < 1.29 is 17.9 Å². The number of benzene rings is 2. The van der Waals surface area contributed by atoms with Crippen molar-refractivity contribution in [3.8, 4) is 0 Å². The molecule has 0 saturated carbocycles. The van der Waals surface area contributed by atoms with Crippen molar-refractivity contribution in [2.45, 2.75) is 23.2 Å². The van der Waals surface area contributed by atoms with E-state index >= 15 is 0 Å². The molecule has 2 aromatic carbocycles. The molecule has 1 heterocycles. The largest absolute Gasteiger partial charge is 0.377 e. The van der Waals surface area contributed by atoms with Gasteiger partial charge in [-0.2, -0.15) is 0 Å². The van der Waals surface area contributed by atoms with E-state index < -0.39 is 21.0 Å². The predicted molar refractivity (Wildman–Crippen MR) is 89.5 cm³/mol. The van der Waals surface area contributed by atoms with Crippen molar-refractivity contribution in [3.05, 3.63) is 65.7 Å². The van der Waals surface area contributed by atoms with Gasteiger partial charge in [0.1, 0.15) is 0 Å². The fourth-order valence-corrected chi connectivity index (χ4v) is 6.11. The maximum absolute atomic E-state index is 13.3. The Balaban J connectivity index is 1.93. The van der Waals surface area contributed by atoms with Gasteiger partial charge in [-0.1, -0.05) is 42.5 Å². The predicted octanol–water partition coefficient (Wildman–Crippen LogP) is 3.05. The first-order chi connectivity index (χ1) is 11.5. The van der Waals surface area contributed by atoms with Crippen molar-refractivity contribution in [1.29, 1.82) is 0 Å². The summed E-state index contributed by atoms with van der Waals surface area (Å²) in [6.07, 6.45) is -0.260. The topological polar surface area (TPSA) is 60.4 Å². The number of rotatable bonds is 2. The number of hydrogen-bond donors (Lipinski definition) is 0. The minimum absolute atomic E-state index is 0.000103. The molecule has 2 aromatic rings. The fourth-order valence-electron chi connectivity index (χ4n) is 4.04. The molecule has 4 nitrogen and oxygen atoms in total. The highest BCUT2D eigenvalue weighted by molar-refractivity contribution is 7.91. The molecule has 2 aliphatic rings. The Hall–Kier alpha value is -1.98. The van der Waals surface area contributed by atoms with Gasteiger partial charge in [0.25, 0.3) is 0 Å². The van der Waals surface area contributed by atoms with Gasteiger partial charge >= 0.3 is 0 Å². The van der Waals surface area contributed by atoms with Gasteiger partial charge in [0.05, 0.1) is 28.8 Å². The molecule has 0 aromatic heterocycles. The minimum atomic E-state index is -3.61. The quantitative estimate of drug-likeness (QED) is 0.842. The van der Waals surface area contributed by atoms with Crippen LogP contribution in [-0.4, -0.2) is 26.9 Å². The Kier molecular flexibility index (Phi) is 3.58. The maximum atomic E-state index is 13.3. The first-order valence-corrected chi connectivity index (χ1v) is 9.60. The molecule has 124 valence electrons. The number of Topliss-reactive ketones (excluding diaryl/α,β-unsaturated/α-hetero) is 1. The lowest BCUT2D eigenvalue weighted by molar-refractivity contribution is 0.0754. The summed E-state index contributed by atoms with van der Waals surface area (Å²) in [5.74, 6) is -0.740. The van der Waals surface area contributed by atoms with E-state index in [1.807, 2.05) is 6.92 Å². The summed E-state index contributed by atoms with van der Waals surface area (Å²) < 4.78 is 32.4. The zero-order valence-corrected chi connectivity index (χ0v) is 14.1. The summed E-state index contributed by atoms with van der Waals surface area (Å²) in [7, 11) is -3.61. The van der Waals surface area contributed by atoms with Gasteiger partial charge in [0.2, 0.25) is 0 Å². The third-order valence-corrected chi connectivity index (χ3v) is 7.35. The molecule has 0 radical (unpaired) electrons. The Morgan fingerprint density at radius 1 is 1.00 bits per heavy atom. The van der Waals surface area contributed by atoms with E-state index in [0.717, 1.165) is 0 Å². The number of hydrogen-bond acceptors (Lipinski definition) is 4. The van der Waals surface area contributed by atoms with Gasteiger partial charge in [-0.05, 0) is 24.6 Å². The molecule has 1 saturated heterocycles. The van der Waals surface area contributed by atoms with Crippen LogP contribution in [0.1, 0.15) is 28.1 Å². The van der Waals surface area contributed by atoms with Gasteiger partial charge in [0, 0.05) is 11.5 Å². The highest BCUT2D eigenvalue weighted by Crippen LogP contribution is 2.49. The van der Waals surface area contributed by atoms with Crippen molar-refractivity contribution in [2.24, 2.45) is 11.8 Å². The second-order valence-electron chi connectivity index (χ2n) is 6.46. The summed E-state index contributed by atoms with van der Waals surface area (Å²) >= 11 is 0. The zero-order chi connectivity index (χ0) is 16.9. The second-order valence-corrected chi connectivity index (χ2v) is 8.53. The maximum Gasteiger partial charge on any atom is 0.185 e. The molecule has 4 rings (SSSR count). The Labute approximate surface area is 141 Å². The number of carbonyl (C=O) groups excluding carboxylic acids is 1. The van der Waals surface area contributed by atoms with Gasteiger partial charge < -0.3 is 4.74 Å². The molecule has 1 aliphatic carbocycles. The third-order valence-electron chi connectivity index (χ3n) is 5.15. The van der Waals surface area contributed by atoms with Crippen LogP contribution in [0.5, 0.6) is 0 Å². The fraction of sp³-hybridized carbons (Fsp3) is 0.316. The molecule has 0 bridgehead atoms. The van der Waals surface area contributed by atoms with Crippen LogP contribution in [0.2, 0.25) is 0 Å². The second kappa shape index (κ2) is 5.53. The lowest BCUT2D eigenvalue weighted by Gasteiger charge is -2.34. The molecule has 0 amide bonds. The molecular formula is C19H18O4S. The summed E-state index contributed by atoms with van der Waals surface area (Å²) in [4.78, 5) is 13.1. The normalized spacial score (nSPS) is 29.1. The lowest BCUT2D eigenvalue weighted by atomic mass is 9.74. The van der Waals surface area contributed by atoms with Crippen LogP contribution in [-0.2, 0) is 14.6 Å². The number of sulfone groups is 1. The van der Waals surface area contributed by atoms with Crippen molar-refractivity contribution >= 4 is 15.6 Å². The van der Waals surface area contributed by atoms with Gasteiger partial charge in [-0.15, -0.1) is 0 Å². The highest BCUT2D eigenvalue weighted by Gasteiger charge is 2.53. The van der Waals surface area contributed by atoms with Crippen molar-refractivity contribution in [3.63, 3.8) is 0 Å². The first-order valence-electron chi connectivity index (χ1n) is 8.05. The van der Waals surface area contributed by atoms with Crippen molar-refractivity contribution in [2.75, 3.05) is 6.61 Å². The van der Waals surface area contributed by atoms with Crippen LogP contribution in [0.25, 0.3) is 0 Å². The molecule has 0 unspecified atom stereocenters. The van der Waals surface area contributed by atoms with Gasteiger partial charge in [0.15, 0.2) is 15.6 Å². The Morgan fingerprint density at radius 2 is 1.67 bits per heavy atom. The summed E-state index contributed by atoms with van der Waals surface area (Å²) in [5, 5.41) is -0.747. The van der Waals surface area contributed by atoms with Gasteiger partial charge in [-0.3, -0.25) is 4.79 Å². The smallest absolute Gasteiger partial charge is 0.185 e.